The van der Waals surface area contributed by atoms with Gasteiger partial charge in [0.1, 0.15) is 13.1 Å². The molecule has 0 saturated heterocycles. The third-order valence-corrected chi connectivity index (χ3v) is 11.1. The minimum Gasteiger partial charge on any atom is -0.233 e. The van der Waals surface area contributed by atoms with Crippen LogP contribution in [0.4, 0.5) is 8.78 Å². The second kappa shape index (κ2) is 4.95. The second-order valence-electron chi connectivity index (χ2n) is 5.91. The molecule has 0 amide bonds. The van der Waals surface area contributed by atoms with Crippen molar-refractivity contribution < 1.29 is 17.2 Å². The maximum absolute atomic E-state index is 12.4. The summed E-state index contributed by atoms with van der Waals surface area (Å²) < 4.78 is 52.1. The summed E-state index contributed by atoms with van der Waals surface area (Å²) in [5.41, 5.74) is 0. The summed E-state index contributed by atoms with van der Waals surface area (Å²) in [6.45, 7) is 6.75. The fourth-order valence-corrected chi connectivity index (χ4v) is 5.93. The molecule has 0 bridgehead atoms. The maximum atomic E-state index is 12.4. The molecule has 0 radical (unpaired) electrons. The summed E-state index contributed by atoms with van der Waals surface area (Å²) in [5, 5.41) is 3.14. The molecule has 0 spiro atoms. The third kappa shape index (κ3) is 3.60. The van der Waals surface area contributed by atoms with Crippen LogP contribution < -0.4 is 4.39 Å². The first-order valence-electron chi connectivity index (χ1n) is 5.73. The molecule has 110 valence electrons. The minimum absolute atomic E-state index is 0.196. The molecule has 0 aliphatic heterocycles. The maximum Gasteiger partial charge on any atom is 0.333 e. The van der Waals surface area contributed by atoms with Crippen LogP contribution in [0.3, 0.4) is 0 Å². The lowest BCUT2D eigenvalue weighted by atomic mass is 10.2. The lowest BCUT2D eigenvalue weighted by Gasteiger charge is -2.36. The van der Waals surface area contributed by atoms with Crippen LogP contribution in [0.15, 0.2) is 17.3 Å². The number of sulfonamides is 1. The van der Waals surface area contributed by atoms with Gasteiger partial charge in [0.2, 0.25) is 10.0 Å². The minimum atomic E-state index is -3.82. The highest BCUT2D eigenvalue weighted by atomic mass is 32.2. The van der Waals surface area contributed by atoms with Crippen LogP contribution in [0.25, 0.3) is 0 Å². The Morgan fingerprint density at radius 1 is 1.37 bits per heavy atom. The second-order valence-corrected chi connectivity index (χ2v) is 13.0. The predicted octanol–water partition coefficient (Wildman–Crippen LogP) is 2.56. The average molecular weight is 311 g/mol. The smallest absolute Gasteiger partial charge is 0.233 e. The van der Waals surface area contributed by atoms with Gasteiger partial charge in [-0.15, -0.1) is 0 Å². The van der Waals surface area contributed by atoms with Gasteiger partial charge in [-0.05, 0) is 5.04 Å². The van der Waals surface area contributed by atoms with E-state index in [-0.39, 0.29) is 9.93 Å². The molecule has 1 aromatic heterocycles. The van der Waals surface area contributed by atoms with Gasteiger partial charge in [-0.3, -0.25) is 0 Å². The van der Waals surface area contributed by atoms with E-state index in [1.807, 2.05) is 33.9 Å². The van der Waals surface area contributed by atoms with Crippen molar-refractivity contribution in [3.8, 4) is 0 Å². The largest absolute Gasteiger partial charge is 0.333 e. The Hall–Kier alpha value is -0.803. The van der Waals surface area contributed by atoms with Crippen molar-refractivity contribution in [1.29, 1.82) is 0 Å². The molecule has 0 saturated carbocycles. The SMILES string of the molecule is CC(C)(C)[Si](C)(C)NS(=O)(=O)c1cnn(C(F)F)c1. The first-order chi connectivity index (χ1) is 8.37. The van der Waals surface area contributed by atoms with Crippen molar-refractivity contribution in [2.45, 2.75) is 50.3 Å². The lowest BCUT2D eigenvalue weighted by Crippen LogP contribution is -2.54. The quantitative estimate of drug-likeness (QED) is 0.869. The van der Waals surface area contributed by atoms with Crippen LogP contribution in [-0.2, 0) is 10.0 Å². The summed E-state index contributed by atoms with van der Waals surface area (Å²) >= 11 is 0. The summed E-state index contributed by atoms with van der Waals surface area (Å²) in [4.78, 5) is -0.238. The molecule has 1 rings (SSSR count). The Balaban J connectivity index is 3.05. The van der Waals surface area contributed by atoms with E-state index in [4.69, 9.17) is 0 Å². The standard InChI is InChI=1S/C10H19F2N3O2SSi/c1-10(2,3)19(4,5)14-18(16,17)8-6-13-15(7-8)9(11)12/h6-7,9,14H,1-5H3. The Labute approximate surface area is 113 Å². The van der Waals surface area contributed by atoms with Crippen molar-refractivity contribution in [3.63, 3.8) is 0 Å². The van der Waals surface area contributed by atoms with Crippen molar-refractivity contribution in [1.82, 2.24) is 14.2 Å². The monoisotopic (exact) mass is 311 g/mol. The molecule has 1 N–H and O–H groups in total. The summed E-state index contributed by atoms with van der Waals surface area (Å²) in [5.74, 6) is 0. The van der Waals surface area contributed by atoms with E-state index in [9.17, 15) is 17.2 Å². The number of rotatable bonds is 4. The average Bonchev–Trinajstić information content (AvgIpc) is 2.62. The van der Waals surface area contributed by atoms with Gasteiger partial charge in [0.25, 0.3) is 0 Å². The van der Waals surface area contributed by atoms with Gasteiger partial charge in [-0.2, -0.15) is 13.9 Å². The molecular formula is C10H19F2N3O2SSi. The van der Waals surface area contributed by atoms with Gasteiger partial charge >= 0.3 is 6.55 Å². The van der Waals surface area contributed by atoms with Gasteiger partial charge in [0.15, 0.2) is 0 Å². The van der Waals surface area contributed by atoms with Crippen molar-refractivity contribution in [2.24, 2.45) is 0 Å². The normalized spacial score (nSPS) is 14.1. The number of halogens is 2. The zero-order chi connectivity index (χ0) is 15.1. The Bertz CT molecular complexity index is 549. The van der Waals surface area contributed by atoms with Gasteiger partial charge in [-0.1, -0.05) is 33.9 Å². The third-order valence-electron chi connectivity index (χ3n) is 3.35. The molecule has 19 heavy (non-hydrogen) atoms. The van der Waals surface area contributed by atoms with Crippen LogP contribution >= 0.6 is 0 Å². The van der Waals surface area contributed by atoms with E-state index < -0.39 is 24.8 Å². The summed E-state index contributed by atoms with van der Waals surface area (Å²) in [6, 6.07) is 0. The molecular weight excluding hydrogens is 292 g/mol. The fraction of sp³-hybridized carbons (Fsp3) is 0.700. The highest BCUT2D eigenvalue weighted by molar-refractivity contribution is 7.91. The molecule has 0 unspecified atom stereocenters. The molecule has 1 aromatic rings. The van der Waals surface area contributed by atoms with Crippen molar-refractivity contribution in [2.75, 3.05) is 0 Å². The van der Waals surface area contributed by atoms with Crippen LogP contribution in [0, 0.1) is 0 Å². The molecule has 9 heteroatoms. The highest BCUT2D eigenvalue weighted by Gasteiger charge is 2.39. The van der Waals surface area contributed by atoms with E-state index in [0.29, 0.717) is 4.68 Å². The van der Waals surface area contributed by atoms with E-state index in [0.717, 1.165) is 12.4 Å². The van der Waals surface area contributed by atoms with Crippen molar-refractivity contribution >= 4 is 18.3 Å². The highest BCUT2D eigenvalue weighted by Crippen LogP contribution is 2.34. The number of hydrogen-bond acceptors (Lipinski definition) is 3. The topological polar surface area (TPSA) is 64.0 Å². The number of nitrogens with zero attached hydrogens (tertiary/aromatic N) is 2. The molecule has 0 fully saturated rings. The van der Waals surface area contributed by atoms with Gasteiger partial charge in [0.05, 0.1) is 12.4 Å². The van der Waals surface area contributed by atoms with E-state index in [1.165, 1.54) is 0 Å². The Morgan fingerprint density at radius 2 is 1.89 bits per heavy atom. The fourth-order valence-electron chi connectivity index (χ4n) is 1.11. The van der Waals surface area contributed by atoms with Crippen LogP contribution in [0.5, 0.6) is 0 Å². The van der Waals surface area contributed by atoms with Gasteiger partial charge < -0.3 is 0 Å². The van der Waals surface area contributed by atoms with E-state index in [1.54, 1.807) is 0 Å². The molecule has 5 nitrogen and oxygen atoms in total. The lowest BCUT2D eigenvalue weighted by molar-refractivity contribution is 0.0564. The first kappa shape index (κ1) is 16.3. The molecule has 1 heterocycles. The molecule has 0 aliphatic rings. The molecule has 0 atom stereocenters. The van der Waals surface area contributed by atoms with Crippen LogP contribution in [0.1, 0.15) is 27.3 Å². The molecule has 0 aliphatic carbocycles. The Morgan fingerprint density at radius 3 is 2.26 bits per heavy atom. The van der Waals surface area contributed by atoms with Crippen LogP contribution in [0.2, 0.25) is 18.1 Å². The van der Waals surface area contributed by atoms with Crippen molar-refractivity contribution in [3.05, 3.63) is 12.4 Å². The van der Waals surface area contributed by atoms with Gasteiger partial charge in [0, 0.05) is 0 Å². The number of aromatic nitrogens is 2. The molecule has 0 aromatic carbocycles. The predicted molar refractivity (Wildman–Crippen MR) is 71.0 cm³/mol. The van der Waals surface area contributed by atoms with E-state index >= 15 is 0 Å². The van der Waals surface area contributed by atoms with Crippen LogP contribution in [-0.4, -0.2) is 26.4 Å². The number of nitrogens with one attached hydrogen (secondary N) is 1. The zero-order valence-electron chi connectivity index (χ0n) is 11.6. The number of hydrogen-bond donors (Lipinski definition) is 1. The summed E-state index contributed by atoms with van der Waals surface area (Å²) in [6.07, 6.45) is 1.77. The number of alkyl halides is 2. The van der Waals surface area contributed by atoms with Gasteiger partial charge in [-0.25, -0.2) is 17.5 Å². The van der Waals surface area contributed by atoms with E-state index in [2.05, 4.69) is 9.49 Å². The zero-order valence-corrected chi connectivity index (χ0v) is 13.4. The summed E-state index contributed by atoms with van der Waals surface area (Å²) in [7, 11) is -6.12. The Kier molecular flexibility index (Phi) is 4.23. The first-order valence-corrected chi connectivity index (χ1v) is 10.2.